The minimum absolute atomic E-state index is 0.0284. The summed E-state index contributed by atoms with van der Waals surface area (Å²) in [5.74, 6) is -1.22. The van der Waals surface area contributed by atoms with Crippen molar-refractivity contribution in [2.24, 2.45) is 5.73 Å². The van der Waals surface area contributed by atoms with Gasteiger partial charge in [0.15, 0.2) is 0 Å². The number of primary amides is 1. The standard InChI is InChI=1S/C15H15BrFN3O/c1-8(9-3-2-4-10(16)5-9)20-14-6-11(15(19)21)13(18)7-12(14)17/h2-8,20H,18H2,1H3,(H2,19,21). The van der Waals surface area contributed by atoms with Crippen molar-refractivity contribution < 1.29 is 9.18 Å². The Morgan fingerprint density at radius 3 is 2.67 bits per heavy atom. The van der Waals surface area contributed by atoms with Crippen molar-refractivity contribution in [3.63, 3.8) is 0 Å². The fourth-order valence-electron chi connectivity index (χ4n) is 2.01. The van der Waals surface area contributed by atoms with Gasteiger partial charge in [-0.15, -0.1) is 0 Å². The van der Waals surface area contributed by atoms with Gasteiger partial charge in [-0.1, -0.05) is 28.1 Å². The highest BCUT2D eigenvalue weighted by molar-refractivity contribution is 9.10. The van der Waals surface area contributed by atoms with Crippen LogP contribution in [0.5, 0.6) is 0 Å². The average molecular weight is 352 g/mol. The summed E-state index contributed by atoms with van der Waals surface area (Å²) in [6.07, 6.45) is 0. The molecule has 0 fully saturated rings. The van der Waals surface area contributed by atoms with Crippen molar-refractivity contribution in [3.8, 4) is 0 Å². The summed E-state index contributed by atoms with van der Waals surface area (Å²) in [5.41, 5.74) is 12.1. The van der Waals surface area contributed by atoms with Gasteiger partial charge in [0, 0.05) is 16.2 Å². The number of carbonyl (C=O) groups is 1. The highest BCUT2D eigenvalue weighted by atomic mass is 79.9. The van der Waals surface area contributed by atoms with Crippen LogP contribution < -0.4 is 16.8 Å². The minimum Gasteiger partial charge on any atom is -0.398 e. The van der Waals surface area contributed by atoms with E-state index in [-0.39, 0.29) is 23.0 Å². The maximum Gasteiger partial charge on any atom is 0.250 e. The highest BCUT2D eigenvalue weighted by Crippen LogP contribution is 2.27. The normalized spacial score (nSPS) is 12.0. The summed E-state index contributed by atoms with van der Waals surface area (Å²) in [7, 11) is 0. The molecule has 0 spiro atoms. The van der Waals surface area contributed by atoms with E-state index >= 15 is 0 Å². The quantitative estimate of drug-likeness (QED) is 0.738. The Hall–Kier alpha value is -2.08. The van der Waals surface area contributed by atoms with Gasteiger partial charge in [0.25, 0.3) is 5.91 Å². The lowest BCUT2D eigenvalue weighted by molar-refractivity contribution is 0.100. The molecule has 1 amide bonds. The topological polar surface area (TPSA) is 81.1 Å². The summed E-state index contributed by atoms with van der Waals surface area (Å²) >= 11 is 3.39. The van der Waals surface area contributed by atoms with Gasteiger partial charge in [-0.3, -0.25) is 4.79 Å². The van der Waals surface area contributed by atoms with Crippen LogP contribution in [0, 0.1) is 5.82 Å². The summed E-state index contributed by atoms with van der Waals surface area (Å²) < 4.78 is 14.9. The van der Waals surface area contributed by atoms with E-state index in [9.17, 15) is 9.18 Å². The molecule has 0 aliphatic heterocycles. The zero-order valence-electron chi connectivity index (χ0n) is 11.4. The first-order chi connectivity index (χ1) is 9.88. The molecule has 2 aromatic rings. The summed E-state index contributed by atoms with van der Waals surface area (Å²) in [5, 5.41) is 3.02. The lowest BCUT2D eigenvalue weighted by atomic mass is 10.1. The first-order valence-corrected chi connectivity index (χ1v) is 7.08. The molecule has 0 aromatic heterocycles. The van der Waals surface area contributed by atoms with Crippen LogP contribution in [0.25, 0.3) is 0 Å². The molecule has 4 nitrogen and oxygen atoms in total. The zero-order chi connectivity index (χ0) is 15.6. The van der Waals surface area contributed by atoms with Crippen LogP contribution in [0.4, 0.5) is 15.8 Å². The van der Waals surface area contributed by atoms with Crippen molar-refractivity contribution in [2.75, 3.05) is 11.1 Å². The van der Waals surface area contributed by atoms with Gasteiger partial charge >= 0.3 is 0 Å². The molecule has 0 radical (unpaired) electrons. The first-order valence-electron chi connectivity index (χ1n) is 6.29. The molecule has 2 aromatic carbocycles. The van der Waals surface area contributed by atoms with Crippen LogP contribution in [0.3, 0.4) is 0 Å². The Labute approximate surface area is 130 Å². The van der Waals surface area contributed by atoms with E-state index in [4.69, 9.17) is 11.5 Å². The van der Waals surface area contributed by atoms with Gasteiger partial charge in [0.2, 0.25) is 0 Å². The number of amides is 1. The number of carbonyl (C=O) groups excluding carboxylic acids is 1. The first kappa shape index (κ1) is 15.3. The van der Waals surface area contributed by atoms with Gasteiger partial charge in [0.05, 0.1) is 11.3 Å². The molecule has 5 N–H and O–H groups in total. The molecule has 0 saturated heterocycles. The van der Waals surface area contributed by atoms with Gasteiger partial charge in [-0.05, 0) is 36.8 Å². The molecule has 6 heteroatoms. The van der Waals surface area contributed by atoms with Gasteiger partial charge in [-0.25, -0.2) is 4.39 Å². The molecular formula is C15H15BrFN3O. The van der Waals surface area contributed by atoms with E-state index in [0.717, 1.165) is 16.1 Å². The second kappa shape index (κ2) is 6.13. The van der Waals surface area contributed by atoms with Crippen molar-refractivity contribution in [1.82, 2.24) is 0 Å². The number of hydrogen-bond acceptors (Lipinski definition) is 3. The summed E-state index contributed by atoms with van der Waals surface area (Å²) in [4.78, 5) is 11.3. The number of anilines is 2. The van der Waals surface area contributed by atoms with E-state index < -0.39 is 11.7 Å². The second-order valence-corrected chi connectivity index (χ2v) is 5.62. The molecule has 0 heterocycles. The SMILES string of the molecule is CC(Nc1cc(C(N)=O)c(N)cc1F)c1cccc(Br)c1. The van der Waals surface area contributed by atoms with E-state index in [1.54, 1.807) is 0 Å². The second-order valence-electron chi connectivity index (χ2n) is 4.70. The smallest absolute Gasteiger partial charge is 0.250 e. The largest absolute Gasteiger partial charge is 0.398 e. The zero-order valence-corrected chi connectivity index (χ0v) is 12.9. The van der Waals surface area contributed by atoms with E-state index in [1.165, 1.54) is 6.07 Å². The van der Waals surface area contributed by atoms with Crippen molar-refractivity contribution in [2.45, 2.75) is 13.0 Å². The number of halogens is 2. The maximum atomic E-state index is 13.9. The van der Waals surface area contributed by atoms with E-state index in [1.807, 2.05) is 31.2 Å². The van der Waals surface area contributed by atoms with Crippen LogP contribution in [0.15, 0.2) is 40.9 Å². The molecule has 1 unspecified atom stereocenters. The number of hydrogen-bond donors (Lipinski definition) is 3. The lowest BCUT2D eigenvalue weighted by Gasteiger charge is -2.17. The molecule has 0 bridgehead atoms. The highest BCUT2D eigenvalue weighted by Gasteiger charge is 2.14. The Balaban J connectivity index is 2.31. The molecule has 110 valence electrons. The molecule has 21 heavy (non-hydrogen) atoms. The number of nitrogen functional groups attached to an aromatic ring is 1. The Bertz CT molecular complexity index is 691. The average Bonchev–Trinajstić information content (AvgIpc) is 2.41. The predicted octanol–water partition coefficient (Wildman–Crippen LogP) is 3.44. The number of rotatable bonds is 4. The van der Waals surface area contributed by atoms with Crippen LogP contribution in [0.1, 0.15) is 28.9 Å². The Morgan fingerprint density at radius 2 is 2.05 bits per heavy atom. The van der Waals surface area contributed by atoms with Crippen LogP contribution in [0.2, 0.25) is 0 Å². The maximum absolute atomic E-state index is 13.9. The van der Waals surface area contributed by atoms with Crippen LogP contribution in [-0.2, 0) is 0 Å². The molecule has 0 aliphatic rings. The van der Waals surface area contributed by atoms with E-state index in [0.29, 0.717) is 0 Å². The van der Waals surface area contributed by atoms with Gasteiger partial charge < -0.3 is 16.8 Å². The summed E-state index contributed by atoms with van der Waals surface area (Å²) in [6.45, 7) is 1.89. The van der Waals surface area contributed by atoms with Crippen LogP contribution in [-0.4, -0.2) is 5.91 Å². The monoisotopic (exact) mass is 351 g/mol. The fourth-order valence-corrected chi connectivity index (χ4v) is 2.42. The minimum atomic E-state index is -0.689. The lowest BCUT2D eigenvalue weighted by Crippen LogP contribution is -2.15. The van der Waals surface area contributed by atoms with Crippen LogP contribution >= 0.6 is 15.9 Å². The molecule has 2 rings (SSSR count). The molecule has 0 aliphatic carbocycles. The Kier molecular flexibility index (Phi) is 4.47. The van der Waals surface area contributed by atoms with E-state index in [2.05, 4.69) is 21.2 Å². The third kappa shape index (κ3) is 3.52. The predicted molar refractivity (Wildman–Crippen MR) is 85.5 cm³/mol. The number of nitrogens with two attached hydrogens (primary N) is 2. The Morgan fingerprint density at radius 1 is 1.33 bits per heavy atom. The summed E-state index contributed by atoms with van der Waals surface area (Å²) in [6, 6.07) is 9.93. The van der Waals surface area contributed by atoms with Gasteiger partial charge in [0.1, 0.15) is 5.82 Å². The third-order valence-corrected chi connectivity index (χ3v) is 3.62. The number of benzene rings is 2. The number of nitrogens with one attached hydrogen (secondary N) is 1. The van der Waals surface area contributed by atoms with Crippen molar-refractivity contribution in [3.05, 3.63) is 57.8 Å². The van der Waals surface area contributed by atoms with Gasteiger partial charge in [-0.2, -0.15) is 0 Å². The van der Waals surface area contributed by atoms with Crippen molar-refractivity contribution in [1.29, 1.82) is 0 Å². The molecule has 1 atom stereocenters. The van der Waals surface area contributed by atoms with Crippen molar-refractivity contribution >= 4 is 33.2 Å². The third-order valence-electron chi connectivity index (χ3n) is 3.13. The molecule has 0 saturated carbocycles. The molecular weight excluding hydrogens is 337 g/mol. The fraction of sp³-hybridized carbons (Fsp3) is 0.133.